The van der Waals surface area contributed by atoms with Gasteiger partial charge in [-0.1, -0.05) is 37.6 Å². The summed E-state index contributed by atoms with van der Waals surface area (Å²) in [5.74, 6) is 0.173. The topological polar surface area (TPSA) is 32.3 Å². The maximum Gasteiger partial charge on any atom is 0.134 e. The quantitative estimate of drug-likeness (QED) is 0.911. The first-order chi connectivity index (χ1) is 9.58. The van der Waals surface area contributed by atoms with Crippen LogP contribution in [0.4, 0.5) is 0 Å². The molecule has 114 valence electrons. The summed E-state index contributed by atoms with van der Waals surface area (Å²) < 4.78 is 0. The monoisotopic (exact) mass is 298 g/mol. The van der Waals surface area contributed by atoms with E-state index in [2.05, 4.69) is 17.3 Å². The molecule has 1 saturated heterocycles. The van der Waals surface area contributed by atoms with Gasteiger partial charge in [0.05, 0.1) is 0 Å². The molecule has 0 saturated carbocycles. The Balaban J connectivity index is 0.000000345. The van der Waals surface area contributed by atoms with Gasteiger partial charge in [-0.15, -0.1) is 0 Å². The molecule has 1 N–H and O–H groups in total. The van der Waals surface area contributed by atoms with Crippen LogP contribution in [0.25, 0.3) is 0 Å². The van der Waals surface area contributed by atoms with E-state index in [1.807, 2.05) is 26.0 Å². The van der Waals surface area contributed by atoms with Gasteiger partial charge in [-0.2, -0.15) is 0 Å². The van der Waals surface area contributed by atoms with E-state index >= 15 is 0 Å². The number of rotatable bonds is 2. The second-order valence-electron chi connectivity index (χ2n) is 4.56. The van der Waals surface area contributed by atoms with E-state index < -0.39 is 0 Å². The Bertz CT molecular complexity index is 359. The molecule has 0 aliphatic carbocycles. The van der Waals surface area contributed by atoms with Gasteiger partial charge < -0.3 is 10.2 Å². The van der Waals surface area contributed by atoms with Crippen LogP contribution in [0.1, 0.15) is 26.3 Å². The van der Waals surface area contributed by atoms with Gasteiger partial charge >= 0.3 is 0 Å². The van der Waals surface area contributed by atoms with Crippen molar-refractivity contribution >= 4 is 17.4 Å². The number of nitrogens with one attached hydrogen (secondary N) is 1. The molecule has 4 heteroatoms. The fraction of sp³-hybridized carbons (Fsp3) is 0.562. The Morgan fingerprint density at radius 1 is 1.20 bits per heavy atom. The average molecular weight is 299 g/mol. The molecule has 1 aliphatic rings. The van der Waals surface area contributed by atoms with E-state index in [0.717, 1.165) is 18.7 Å². The van der Waals surface area contributed by atoms with Crippen LogP contribution in [0.5, 0.6) is 0 Å². The third kappa shape index (κ3) is 9.96. The summed E-state index contributed by atoms with van der Waals surface area (Å²) in [5.41, 5.74) is 1.02. The molecule has 0 bridgehead atoms. The lowest BCUT2D eigenvalue weighted by atomic mass is 10.1. The SMILES string of the molecule is CC.CC(=O)Cc1ccc(Cl)cc1.CN1CCNCC1. The van der Waals surface area contributed by atoms with Crippen molar-refractivity contribution in [2.24, 2.45) is 0 Å². The first-order valence-corrected chi connectivity index (χ1v) is 7.59. The second-order valence-corrected chi connectivity index (χ2v) is 4.99. The normalized spacial score (nSPS) is 14.4. The van der Waals surface area contributed by atoms with E-state index in [0.29, 0.717) is 11.4 Å². The van der Waals surface area contributed by atoms with E-state index in [1.165, 1.54) is 13.1 Å². The molecule has 1 aliphatic heterocycles. The standard InChI is InChI=1S/C9H9ClO.C5H12N2.C2H6/c1-7(11)6-8-2-4-9(10)5-3-8;1-7-4-2-6-3-5-7;1-2/h2-5H,6H2,1H3;6H,2-5H2,1H3;1-2H3. The van der Waals surface area contributed by atoms with Crippen LogP contribution >= 0.6 is 11.6 Å². The van der Waals surface area contributed by atoms with Gasteiger partial charge in [0.25, 0.3) is 0 Å². The fourth-order valence-corrected chi connectivity index (χ4v) is 1.79. The van der Waals surface area contributed by atoms with Gasteiger partial charge in [0, 0.05) is 37.6 Å². The minimum atomic E-state index is 0.173. The Labute approximate surface area is 128 Å². The highest BCUT2D eigenvalue weighted by Crippen LogP contribution is 2.09. The zero-order chi connectivity index (χ0) is 15.4. The summed E-state index contributed by atoms with van der Waals surface area (Å²) in [4.78, 5) is 13.0. The minimum absolute atomic E-state index is 0.173. The Hall–Kier alpha value is -0.900. The number of likely N-dealkylation sites (N-methyl/N-ethyl adjacent to an activating group) is 1. The van der Waals surface area contributed by atoms with E-state index in [9.17, 15) is 4.79 Å². The smallest absolute Gasteiger partial charge is 0.134 e. The molecule has 1 aromatic carbocycles. The summed E-state index contributed by atoms with van der Waals surface area (Å²) in [7, 11) is 2.15. The van der Waals surface area contributed by atoms with E-state index in [-0.39, 0.29) is 5.78 Å². The molecule has 0 spiro atoms. The zero-order valence-corrected chi connectivity index (χ0v) is 13.8. The molecular formula is C16H27ClN2O. The van der Waals surface area contributed by atoms with Gasteiger partial charge in [0.15, 0.2) is 0 Å². The lowest BCUT2D eigenvalue weighted by molar-refractivity contribution is -0.116. The summed E-state index contributed by atoms with van der Waals surface area (Å²) in [6, 6.07) is 7.31. The van der Waals surface area contributed by atoms with Crippen molar-refractivity contribution in [1.29, 1.82) is 0 Å². The van der Waals surface area contributed by atoms with Crippen molar-refractivity contribution in [1.82, 2.24) is 10.2 Å². The van der Waals surface area contributed by atoms with Crippen molar-refractivity contribution in [3.8, 4) is 0 Å². The largest absolute Gasteiger partial charge is 0.314 e. The number of hydrogen-bond acceptors (Lipinski definition) is 3. The number of piperazine rings is 1. The third-order valence-electron chi connectivity index (χ3n) is 2.71. The number of carbonyl (C=O) groups is 1. The first kappa shape index (κ1) is 19.1. The predicted molar refractivity (Wildman–Crippen MR) is 87.6 cm³/mol. The number of Topliss-reactive ketones (excluding diaryl/α,β-unsaturated/α-hetero) is 1. The molecule has 1 aromatic rings. The molecular weight excluding hydrogens is 272 g/mol. The van der Waals surface area contributed by atoms with Crippen LogP contribution in [0.3, 0.4) is 0 Å². The summed E-state index contributed by atoms with van der Waals surface area (Å²) in [6.07, 6.45) is 0.497. The molecule has 2 rings (SSSR count). The van der Waals surface area contributed by atoms with Crippen LogP contribution in [0, 0.1) is 0 Å². The van der Waals surface area contributed by atoms with Crippen LogP contribution < -0.4 is 5.32 Å². The number of benzene rings is 1. The molecule has 0 radical (unpaired) electrons. The molecule has 20 heavy (non-hydrogen) atoms. The highest BCUT2D eigenvalue weighted by molar-refractivity contribution is 6.30. The Morgan fingerprint density at radius 2 is 1.70 bits per heavy atom. The fourth-order valence-electron chi connectivity index (χ4n) is 1.67. The number of ketones is 1. The molecule has 0 amide bonds. The van der Waals surface area contributed by atoms with Crippen LogP contribution in [-0.4, -0.2) is 43.9 Å². The summed E-state index contributed by atoms with van der Waals surface area (Å²) in [5, 5.41) is 3.98. The van der Waals surface area contributed by atoms with Gasteiger partial charge in [0.2, 0.25) is 0 Å². The zero-order valence-electron chi connectivity index (χ0n) is 13.1. The number of halogens is 1. The van der Waals surface area contributed by atoms with Gasteiger partial charge in [-0.3, -0.25) is 4.79 Å². The molecule has 1 heterocycles. The molecule has 0 atom stereocenters. The van der Waals surface area contributed by atoms with Gasteiger partial charge in [0.1, 0.15) is 5.78 Å². The van der Waals surface area contributed by atoms with Gasteiger partial charge in [-0.05, 0) is 31.7 Å². The van der Waals surface area contributed by atoms with Crippen LogP contribution in [0.2, 0.25) is 5.02 Å². The number of carbonyl (C=O) groups excluding carboxylic acids is 1. The number of hydrogen-bond donors (Lipinski definition) is 1. The van der Waals surface area contributed by atoms with Crippen molar-refractivity contribution in [3.05, 3.63) is 34.9 Å². The Morgan fingerprint density at radius 3 is 2.05 bits per heavy atom. The van der Waals surface area contributed by atoms with Crippen LogP contribution in [0.15, 0.2) is 24.3 Å². The second kappa shape index (κ2) is 11.9. The highest BCUT2D eigenvalue weighted by Gasteiger charge is 2.01. The van der Waals surface area contributed by atoms with E-state index in [1.54, 1.807) is 19.1 Å². The highest BCUT2D eigenvalue weighted by atomic mass is 35.5. The van der Waals surface area contributed by atoms with Crippen molar-refractivity contribution < 1.29 is 4.79 Å². The predicted octanol–water partition coefficient (Wildman–Crippen LogP) is 3.02. The average Bonchev–Trinajstić information content (AvgIpc) is 2.45. The maximum absolute atomic E-state index is 10.7. The van der Waals surface area contributed by atoms with Crippen LogP contribution in [-0.2, 0) is 11.2 Å². The van der Waals surface area contributed by atoms with Crippen molar-refractivity contribution in [2.45, 2.75) is 27.2 Å². The third-order valence-corrected chi connectivity index (χ3v) is 2.96. The lowest BCUT2D eigenvalue weighted by Gasteiger charge is -2.21. The van der Waals surface area contributed by atoms with Gasteiger partial charge in [-0.25, -0.2) is 0 Å². The van der Waals surface area contributed by atoms with Crippen molar-refractivity contribution in [2.75, 3.05) is 33.2 Å². The summed E-state index contributed by atoms with van der Waals surface area (Å²) in [6.45, 7) is 10.3. The van der Waals surface area contributed by atoms with Crippen molar-refractivity contribution in [3.63, 3.8) is 0 Å². The summed E-state index contributed by atoms with van der Waals surface area (Å²) >= 11 is 5.66. The Kier molecular flexibility index (Phi) is 11.4. The minimum Gasteiger partial charge on any atom is -0.314 e. The molecule has 1 fully saturated rings. The lowest BCUT2D eigenvalue weighted by Crippen LogP contribution is -2.40. The molecule has 3 nitrogen and oxygen atoms in total. The molecule has 0 unspecified atom stereocenters. The van der Waals surface area contributed by atoms with E-state index in [4.69, 9.17) is 11.6 Å². The maximum atomic E-state index is 10.7. The number of nitrogens with zero attached hydrogens (tertiary/aromatic N) is 1. The first-order valence-electron chi connectivity index (χ1n) is 7.21. The molecule has 0 aromatic heterocycles.